The van der Waals surface area contributed by atoms with Gasteiger partial charge >= 0.3 is 0 Å². The van der Waals surface area contributed by atoms with E-state index in [0.717, 1.165) is 17.3 Å². The third-order valence-corrected chi connectivity index (χ3v) is 7.01. The van der Waals surface area contributed by atoms with E-state index >= 15 is 0 Å². The molecule has 1 fully saturated rings. The fourth-order valence-corrected chi connectivity index (χ4v) is 5.36. The van der Waals surface area contributed by atoms with Crippen LogP contribution in [0.3, 0.4) is 0 Å². The van der Waals surface area contributed by atoms with Crippen molar-refractivity contribution in [1.29, 1.82) is 0 Å². The predicted molar refractivity (Wildman–Crippen MR) is 101 cm³/mol. The van der Waals surface area contributed by atoms with Crippen molar-refractivity contribution in [1.82, 2.24) is 5.32 Å². The van der Waals surface area contributed by atoms with E-state index < -0.39 is 16.1 Å². The molecule has 3 rings (SSSR count). The molecule has 0 unspecified atom stereocenters. The van der Waals surface area contributed by atoms with E-state index in [0.29, 0.717) is 18.0 Å². The minimum absolute atomic E-state index is 0.00253. The summed E-state index contributed by atoms with van der Waals surface area (Å²) in [6.45, 7) is 0.567. The van der Waals surface area contributed by atoms with Crippen molar-refractivity contribution in [2.24, 2.45) is 0 Å². The summed E-state index contributed by atoms with van der Waals surface area (Å²) in [5, 5.41) is 3.59. The molecule has 1 atom stereocenters. The molecule has 138 valence electrons. The van der Waals surface area contributed by atoms with Crippen LogP contribution in [0.2, 0.25) is 0 Å². The summed E-state index contributed by atoms with van der Waals surface area (Å²) in [6.07, 6.45) is 5.46. The number of ether oxygens (including phenoxy) is 1. The van der Waals surface area contributed by atoms with E-state index in [1.165, 1.54) is 30.0 Å². The molecule has 0 bridgehead atoms. The zero-order valence-corrected chi connectivity index (χ0v) is 15.9. The molecule has 0 spiro atoms. The highest BCUT2D eigenvalue weighted by atomic mass is 32.2. The van der Waals surface area contributed by atoms with Crippen molar-refractivity contribution in [3.63, 3.8) is 0 Å². The number of fused-ring (bicyclic) bond motifs is 1. The van der Waals surface area contributed by atoms with Gasteiger partial charge in [-0.2, -0.15) is 11.8 Å². The molecule has 0 radical (unpaired) electrons. The second kappa shape index (κ2) is 7.86. The normalized spacial score (nSPS) is 20.8. The largest absolute Gasteiger partial charge is 0.476 e. The van der Waals surface area contributed by atoms with Crippen LogP contribution in [0.4, 0.5) is 5.69 Å². The van der Waals surface area contributed by atoms with Gasteiger partial charge in [-0.1, -0.05) is 25.0 Å². The van der Waals surface area contributed by atoms with E-state index in [9.17, 15) is 13.2 Å². The number of anilines is 1. The fraction of sp³-hybridized carbons (Fsp3) is 0.588. The number of thioether (sulfide) groups is 1. The molecule has 1 aliphatic carbocycles. The molecule has 1 aromatic rings. The van der Waals surface area contributed by atoms with E-state index in [1.54, 1.807) is 24.3 Å². The van der Waals surface area contributed by atoms with Crippen molar-refractivity contribution in [3.05, 3.63) is 24.3 Å². The summed E-state index contributed by atoms with van der Waals surface area (Å²) in [5.74, 6) is 1.02. The molecule has 25 heavy (non-hydrogen) atoms. The molecule has 1 saturated carbocycles. The van der Waals surface area contributed by atoms with Crippen LogP contribution in [-0.4, -0.2) is 50.8 Å². The minimum Gasteiger partial charge on any atom is -0.476 e. The van der Waals surface area contributed by atoms with Crippen LogP contribution in [0.25, 0.3) is 0 Å². The molecule has 2 aliphatic rings. The first-order valence-electron chi connectivity index (χ1n) is 8.58. The summed E-state index contributed by atoms with van der Waals surface area (Å²) < 4.78 is 31.1. The lowest BCUT2D eigenvalue weighted by atomic mass is 10.2. The van der Waals surface area contributed by atoms with Gasteiger partial charge in [0.05, 0.1) is 18.5 Å². The minimum atomic E-state index is -3.47. The van der Waals surface area contributed by atoms with Gasteiger partial charge in [0.2, 0.25) is 10.0 Å². The van der Waals surface area contributed by atoms with Crippen LogP contribution in [0, 0.1) is 0 Å². The third kappa shape index (κ3) is 4.61. The highest BCUT2D eigenvalue weighted by Gasteiger charge is 2.34. The Balaban J connectivity index is 1.58. The van der Waals surface area contributed by atoms with Crippen LogP contribution >= 0.6 is 11.8 Å². The molecule has 0 saturated heterocycles. The molecule has 1 heterocycles. The van der Waals surface area contributed by atoms with Gasteiger partial charge in [-0.3, -0.25) is 9.10 Å². The average molecular weight is 385 g/mol. The van der Waals surface area contributed by atoms with Crippen LogP contribution in [0.5, 0.6) is 5.75 Å². The van der Waals surface area contributed by atoms with Gasteiger partial charge in [-0.25, -0.2) is 8.42 Å². The number of hydrogen-bond acceptors (Lipinski definition) is 5. The van der Waals surface area contributed by atoms with Crippen molar-refractivity contribution in [2.75, 3.05) is 29.4 Å². The van der Waals surface area contributed by atoms with Crippen molar-refractivity contribution >= 4 is 33.4 Å². The Morgan fingerprint density at radius 3 is 2.76 bits per heavy atom. The summed E-state index contributed by atoms with van der Waals surface area (Å²) >= 11 is 1.90. The first-order valence-corrected chi connectivity index (χ1v) is 11.5. The SMILES string of the molecule is CS(=O)(=O)N1C[C@@H](C(=O)NCCSC2CCCC2)Oc2ccccc21. The maximum Gasteiger partial charge on any atom is 0.263 e. The van der Waals surface area contributed by atoms with Crippen LogP contribution in [-0.2, 0) is 14.8 Å². The topological polar surface area (TPSA) is 75.7 Å². The first kappa shape index (κ1) is 18.4. The number of nitrogens with zero attached hydrogens (tertiary/aromatic N) is 1. The van der Waals surface area contributed by atoms with Crippen LogP contribution < -0.4 is 14.4 Å². The zero-order valence-electron chi connectivity index (χ0n) is 14.3. The van der Waals surface area contributed by atoms with Gasteiger partial charge < -0.3 is 10.1 Å². The number of para-hydroxylation sites is 2. The van der Waals surface area contributed by atoms with Gasteiger partial charge in [-0.15, -0.1) is 0 Å². The fourth-order valence-electron chi connectivity index (χ4n) is 3.22. The lowest BCUT2D eigenvalue weighted by molar-refractivity contribution is -0.127. The second-order valence-electron chi connectivity index (χ2n) is 6.44. The summed E-state index contributed by atoms with van der Waals surface area (Å²) in [5.41, 5.74) is 0.478. The lowest BCUT2D eigenvalue weighted by Crippen LogP contribution is -2.50. The van der Waals surface area contributed by atoms with Gasteiger partial charge in [0.25, 0.3) is 5.91 Å². The van der Waals surface area contributed by atoms with Crippen molar-refractivity contribution in [2.45, 2.75) is 37.0 Å². The highest BCUT2D eigenvalue weighted by molar-refractivity contribution is 7.99. The second-order valence-corrected chi connectivity index (χ2v) is 9.75. The van der Waals surface area contributed by atoms with Gasteiger partial charge in [0.1, 0.15) is 5.75 Å². The molecular weight excluding hydrogens is 360 g/mol. The number of carbonyl (C=O) groups is 1. The maximum atomic E-state index is 12.4. The molecule has 0 aromatic heterocycles. The average Bonchev–Trinajstić information content (AvgIpc) is 3.10. The quantitative estimate of drug-likeness (QED) is 0.760. The van der Waals surface area contributed by atoms with Crippen LogP contribution in [0.1, 0.15) is 25.7 Å². The molecular formula is C17H24N2O4S2. The molecule has 8 heteroatoms. The Morgan fingerprint density at radius 1 is 1.32 bits per heavy atom. The number of amides is 1. The van der Waals surface area contributed by atoms with Crippen molar-refractivity contribution in [3.8, 4) is 5.75 Å². The number of rotatable bonds is 6. The molecule has 1 aliphatic heterocycles. The Bertz CT molecular complexity index is 717. The monoisotopic (exact) mass is 384 g/mol. The Hall–Kier alpha value is -1.41. The predicted octanol–water partition coefficient (Wildman–Crippen LogP) is 2.01. The number of nitrogens with one attached hydrogen (secondary N) is 1. The van der Waals surface area contributed by atoms with Gasteiger partial charge in [0, 0.05) is 17.5 Å². The van der Waals surface area contributed by atoms with E-state index in [2.05, 4.69) is 5.32 Å². The number of carbonyl (C=O) groups excluding carboxylic acids is 1. The van der Waals surface area contributed by atoms with E-state index in [-0.39, 0.29) is 12.5 Å². The van der Waals surface area contributed by atoms with Gasteiger partial charge in [0.15, 0.2) is 6.10 Å². The Kier molecular flexibility index (Phi) is 5.78. The maximum absolute atomic E-state index is 12.4. The summed E-state index contributed by atoms with van der Waals surface area (Å²) in [4.78, 5) is 12.4. The number of hydrogen-bond donors (Lipinski definition) is 1. The molecule has 1 N–H and O–H groups in total. The molecule has 1 aromatic carbocycles. The molecule has 6 nitrogen and oxygen atoms in total. The highest BCUT2D eigenvalue weighted by Crippen LogP contribution is 2.34. The lowest BCUT2D eigenvalue weighted by Gasteiger charge is -2.33. The zero-order chi connectivity index (χ0) is 17.9. The van der Waals surface area contributed by atoms with Crippen LogP contribution in [0.15, 0.2) is 24.3 Å². The third-order valence-electron chi connectivity index (χ3n) is 4.48. The smallest absolute Gasteiger partial charge is 0.263 e. The first-order chi connectivity index (χ1) is 11.9. The summed E-state index contributed by atoms with van der Waals surface area (Å²) in [6, 6.07) is 6.88. The number of benzene rings is 1. The van der Waals surface area contributed by atoms with E-state index in [4.69, 9.17) is 4.74 Å². The summed E-state index contributed by atoms with van der Waals surface area (Å²) in [7, 11) is -3.47. The van der Waals surface area contributed by atoms with E-state index in [1.807, 2.05) is 11.8 Å². The standard InChI is InChI=1S/C17H24N2O4S2/c1-25(21,22)19-12-16(23-15-9-5-4-8-14(15)19)17(20)18-10-11-24-13-6-2-3-7-13/h4-5,8-9,13,16H,2-3,6-7,10-12H2,1H3,(H,18,20)/t16-/m0/s1. The number of sulfonamides is 1. The van der Waals surface area contributed by atoms with Crippen molar-refractivity contribution < 1.29 is 17.9 Å². The Morgan fingerprint density at radius 2 is 2.04 bits per heavy atom. The Labute approximate surface area is 153 Å². The van der Waals surface area contributed by atoms with Gasteiger partial charge in [-0.05, 0) is 25.0 Å². The molecule has 1 amide bonds.